The van der Waals surface area contributed by atoms with Gasteiger partial charge in [-0.2, -0.15) is 0 Å². The largest absolute Gasteiger partial charge is 0.460 e. The molecule has 1 fully saturated rings. The molecule has 0 atom stereocenters. The number of carbonyl (C=O) groups is 1. The van der Waals surface area contributed by atoms with Gasteiger partial charge in [-0.05, 0) is 36.6 Å². The highest BCUT2D eigenvalue weighted by Gasteiger charge is 2.45. The molecule has 2 aromatic rings. The summed E-state index contributed by atoms with van der Waals surface area (Å²) in [6.45, 7) is 0.148. The molecular weight excluding hydrogens is 315 g/mol. The topological polar surface area (TPSA) is 26.3 Å². The van der Waals surface area contributed by atoms with E-state index < -0.39 is 5.41 Å². The molecule has 0 N–H and O–H groups in total. The second kappa shape index (κ2) is 6.71. The van der Waals surface area contributed by atoms with Crippen molar-refractivity contribution in [1.82, 2.24) is 0 Å². The molecule has 2 aromatic carbocycles. The molecule has 0 aromatic heterocycles. The van der Waals surface area contributed by atoms with Crippen molar-refractivity contribution in [2.45, 2.75) is 37.7 Å². The average molecular weight is 333 g/mol. The second-order valence-electron chi connectivity index (χ2n) is 5.98. The van der Waals surface area contributed by atoms with Crippen molar-refractivity contribution in [3.05, 3.63) is 70.5 Å². The van der Waals surface area contributed by atoms with Crippen LogP contribution < -0.4 is 0 Å². The summed E-state index contributed by atoms with van der Waals surface area (Å²) in [7, 11) is 0. The van der Waals surface area contributed by atoms with Crippen LogP contribution in [0.1, 0.15) is 36.8 Å². The maximum Gasteiger partial charge on any atom is 0.317 e. The fourth-order valence-corrected chi connectivity index (χ4v) is 3.54. The highest BCUT2D eigenvalue weighted by atomic mass is 35.5. The van der Waals surface area contributed by atoms with E-state index in [0.29, 0.717) is 23.4 Å². The van der Waals surface area contributed by atoms with Crippen LogP contribution in [0.3, 0.4) is 0 Å². The highest BCUT2D eigenvalue weighted by molar-refractivity contribution is 6.30. The molecule has 1 saturated carbocycles. The molecule has 120 valence electrons. The normalized spacial score (nSPS) is 16.3. The van der Waals surface area contributed by atoms with E-state index in [-0.39, 0.29) is 18.4 Å². The van der Waals surface area contributed by atoms with Gasteiger partial charge in [0, 0.05) is 10.6 Å². The third-order valence-corrected chi connectivity index (χ3v) is 4.73. The highest BCUT2D eigenvalue weighted by Crippen LogP contribution is 2.43. The van der Waals surface area contributed by atoms with E-state index in [4.69, 9.17) is 16.3 Å². The quantitative estimate of drug-likeness (QED) is 0.734. The first-order valence-corrected chi connectivity index (χ1v) is 8.16. The van der Waals surface area contributed by atoms with E-state index in [1.54, 1.807) is 30.3 Å². The van der Waals surface area contributed by atoms with Crippen LogP contribution in [0.15, 0.2) is 48.5 Å². The molecule has 0 aliphatic heterocycles. The van der Waals surface area contributed by atoms with Crippen molar-refractivity contribution in [1.29, 1.82) is 0 Å². The Morgan fingerprint density at radius 1 is 1.13 bits per heavy atom. The third-order valence-electron chi connectivity index (χ3n) is 4.50. The van der Waals surface area contributed by atoms with Gasteiger partial charge in [-0.3, -0.25) is 4.79 Å². The zero-order valence-electron chi connectivity index (χ0n) is 12.7. The van der Waals surface area contributed by atoms with E-state index in [0.717, 1.165) is 18.4 Å². The summed E-state index contributed by atoms with van der Waals surface area (Å²) in [6.07, 6.45) is 3.06. The minimum Gasteiger partial charge on any atom is -0.460 e. The Kier molecular flexibility index (Phi) is 4.67. The van der Waals surface area contributed by atoms with E-state index in [2.05, 4.69) is 0 Å². The number of halogens is 2. The van der Waals surface area contributed by atoms with Crippen LogP contribution >= 0.6 is 11.6 Å². The monoisotopic (exact) mass is 332 g/mol. The molecule has 0 spiro atoms. The summed E-state index contributed by atoms with van der Waals surface area (Å²) < 4.78 is 19.8. The van der Waals surface area contributed by atoms with Gasteiger partial charge in [0.25, 0.3) is 0 Å². The predicted molar refractivity (Wildman–Crippen MR) is 87.8 cm³/mol. The minimum atomic E-state index is -0.857. The maximum absolute atomic E-state index is 14.2. The van der Waals surface area contributed by atoms with Crippen LogP contribution in [0.5, 0.6) is 0 Å². The smallest absolute Gasteiger partial charge is 0.317 e. The summed E-state index contributed by atoms with van der Waals surface area (Å²) in [6, 6.07) is 13.7. The molecule has 1 aliphatic rings. The van der Waals surface area contributed by atoms with E-state index in [1.165, 1.54) is 6.07 Å². The molecule has 0 heterocycles. The number of carbonyl (C=O) groups excluding carboxylic acids is 1. The summed E-state index contributed by atoms with van der Waals surface area (Å²) >= 11 is 5.94. The Balaban J connectivity index is 1.81. The van der Waals surface area contributed by atoms with Gasteiger partial charge in [-0.15, -0.1) is 0 Å². The lowest BCUT2D eigenvalue weighted by molar-refractivity contribution is -0.152. The number of benzene rings is 2. The standard InChI is InChI=1S/C19H18ClFO2/c20-15-7-5-6-14(12-15)13-23-18(22)19(10-3-4-11-19)16-8-1-2-9-17(16)21/h1-2,5-9,12H,3-4,10-11,13H2. The molecule has 0 unspecified atom stereocenters. The lowest BCUT2D eigenvalue weighted by atomic mass is 9.78. The van der Waals surface area contributed by atoms with Crippen molar-refractivity contribution in [3.8, 4) is 0 Å². The maximum atomic E-state index is 14.2. The zero-order chi connectivity index (χ0) is 16.3. The molecule has 4 heteroatoms. The summed E-state index contributed by atoms with van der Waals surface area (Å²) in [5.41, 5.74) is 0.422. The molecule has 0 bridgehead atoms. The van der Waals surface area contributed by atoms with E-state index in [9.17, 15) is 9.18 Å². The summed E-state index contributed by atoms with van der Waals surface area (Å²) in [5.74, 6) is -0.686. The molecule has 1 aliphatic carbocycles. The molecule has 23 heavy (non-hydrogen) atoms. The number of ether oxygens (including phenoxy) is 1. The molecule has 0 saturated heterocycles. The van der Waals surface area contributed by atoms with Gasteiger partial charge < -0.3 is 4.74 Å². The van der Waals surface area contributed by atoms with Crippen LogP contribution in [0, 0.1) is 5.82 Å². The van der Waals surface area contributed by atoms with Gasteiger partial charge in [-0.1, -0.05) is 54.8 Å². The lowest BCUT2D eigenvalue weighted by Crippen LogP contribution is -2.35. The van der Waals surface area contributed by atoms with Crippen molar-refractivity contribution in [3.63, 3.8) is 0 Å². The van der Waals surface area contributed by atoms with Crippen LogP contribution in [-0.2, 0) is 21.6 Å². The molecule has 2 nitrogen and oxygen atoms in total. The Morgan fingerprint density at radius 2 is 1.87 bits per heavy atom. The van der Waals surface area contributed by atoms with Crippen molar-refractivity contribution in [2.24, 2.45) is 0 Å². The first-order valence-electron chi connectivity index (χ1n) is 7.78. The second-order valence-corrected chi connectivity index (χ2v) is 6.41. The van der Waals surface area contributed by atoms with Gasteiger partial charge in [0.15, 0.2) is 0 Å². The van der Waals surface area contributed by atoms with Crippen molar-refractivity contribution >= 4 is 17.6 Å². The van der Waals surface area contributed by atoms with E-state index in [1.807, 2.05) is 12.1 Å². The number of esters is 1. The average Bonchev–Trinajstić information content (AvgIpc) is 3.04. The minimum absolute atomic E-state index is 0.148. The zero-order valence-corrected chi connectivity index (χ0v) is 13.5. The first kappa shape index (κ1) is 16.0. The van der Waals surface area contributed by atoms with Crippen molar-refractivity contribution in [2.75, 3.05) is 0 Å². The Bertz CT molecular complexity index is 708. The molecule has 0 radical (unpaired) electrons. The summed E-state index contributed by atoms with van der Waals surface area (Å²) in [4.78, 5) is 12.8. The van der Waals surface area contributed by atoms with Gasteiger partial charge in [0.2, 0.25) is 0 Å². The SMILES string of the molecule is O=C(OCc1cccc(Cl)c1)C1(c2ccccc2F)CCCC1. The molecule has 0 amide bonds. The fourth-order valence-electron chi connectivity index (χ4n) is 3.33. The summed E-state index contributed by atoms with van der Waals surface area (Å²) in [5, 5.41) is 0.600. The van der Waals surface area contributed by atoms with E-state index >= 15 is 0 Å². The number of hydrogen-bond donors (Lipinski definition) is 0. The Labute approximate surface area is 140 Å². The van der Waals surface area contributed by atoms with Crippen LogP contribution in [-0.4, -0.2) is 5.97 Å². The van der Waals surface area contributed by atoms with Crippen LogP contribution in [0.2, 0.25) is 5.02 Å². The van der Waals surface area contributed by atoms with Gasteiger partial charge in [-0.25, -0.2) is 4.39 Å². The number of hydrogen-bond acceptors (Lipinski definition) is 2. The Hall–Kier alpha value is -1.87. The number of rotatable bonds is 4. The van der Waals surface area contributed by atoms with Gasteiger partial charge >= 0.3 is 5.97 Å². The van der Waals surface area contributed by atoms with Crippen molar-refractivity contribution < 1.29 is 13.9 Å². The lowest BCUT2D eigenvalue weighted by Gasteiger charge is -2.27. The van der Waals surface area contributed by atoms with Gasteiger partial charge in [0.05, 0.1) is 5.41 Å². The fraction of sp³-hybridized carbons (Fsp3) is 0.316. The molecular formula is C19H18ClFO2. The third kappa shape index (κ3) is 3.25. The van der Waals surface area contributed by atoms with Crippen LogP contribution in [0.25, 0.3) is 0 Å². The first-order chi connectivity index (χ1) is 11.1. The van der Waals surface area contributed by atoms with Gasteiger partial charge in [0.1, 0.15) is 12.4 Å². The molecule has 3 rings (SSSR count). The predicted octanol–water partition coefficient (Wildman–Crippen LogP) is 5.03. The Morgan fingerprint density at radius 3 is 2.57 bits per heavy atom. The van der Waals surface area contributed by atoms with Crippen LogP contribution in [0.4, 0.5) is 4.39 Å².